The first-order chi connectivity index (χ1) is 19.5. The Morgan fingerprint density at radius 2 is 1.63 bits per heavy atom. The van der Waals surface area contributed by atoms with Crippen molar-refractivity contribution in [2.45, 2.75) is 65.1 Å². The number of benzene rings is 3. The van der Waals surface area contributed by atoms with E-state index in [1.807, 2.05) is 57.2 Å². The molecule has 0 aromatic heterocycles. The monoisotopic (exact) mass is 581 g/mol. The van der Waals surface area contributed by atoms with Gasteiger partial charge in [-0.05, 0) is 67.6 Å². The predicted molar refractivity (Wildman–Crippen MR) is 161 cm³/mol. The second-order valence-corrected chi connectivity index (χ2v) is 12.4. The van der Waals surface area contributed by atoms with E-state index >= 15 is 0 Å². The van der Waals surface area contributed by atoms with Crippen LogP contribution < -0.4 is 9.62 Å². The second-order valence-electron chi connectivity index (χ2n) is 10.4. The Labute approximate surface area is 243 Å². The molecule has 3 rings (SSSR count). The van der Waals surface area contributed by atoms with Crippen molar-refractivity contribution in [3.63, 3.8) is 0 Å². The average Bonchev–Trinajstić information content (AvgIpc) is 2.93. The molecule has 0 spiro atoms. The predicted octanol–water partition coefficient (Wildman–Crippen LogP) is 5.24. The normalized spacial score (nSPS) is 12.8. The van der Waals surface area contributed by atoms with Gasteiger partial charge in [-0.15, -0.1) is 0 Å². The molecule has 2 amide bonds. The van der Waals surface area contributed by atoms with E-state index in [2.05, 4.69) is 5.32 Å². The Bertz CT molecular complexity index is 1400. The van der Waals surface area contributed by atoms with Crippen molar-refractivity contribution >= 4 is 27.5 Å². The van der Waals surface area contributed by atoms with Crippen molar-refractivity contribution in [3.8, 4) is 0 Å². The van der Waals surface area contributed by atoms with Gasteiger partial charge in [0.2, 0.25) is 21.8 Å². The van der Waals surface area contributed by atoms with Crippen LogP contribution in [0.5, 0.6) is 0 Å². The van der Waals surface area contributed by atoms with Gasteiger partial charge in [-0.1, -0.05) is 61.5 Å². The number of sulfonamides is 1. The van der Waals surface area contributed by atoms with Crippen LogP contribution in [0.2, 0.25) is 0 Å². The van der Waals surface area contributed by atoms with Gasteiger partial charge in [-0.3, -0.25) is 13.9 Å². The van der Waals surface area contributed by atoms with Gasteiger partial charge < -0.3 is 10.2 Å². The zero-order valence-corrected chi connectivity index (χ0v) is 25.0. The minimum atomic E-state index is -3.58. The molecule has 0 bridgehead atoms. The Hall–Kier alpha value is -3.72. The molecule has 0 radical (unpaired) electrons. The molecule has 0 aliphatic rings. The molecule has 0 aliphatic heterocycles. The number of rotatable bonds is 14. The quantitative estimate of drug-likeness (QED) is 0.282. The third-order valence-electron chi connectivity index (χ3n) is 6.98. The lowest BCUT2D eigenvalue weighted by atomic mass is 10.0. The molecule has 0 saturated heterocycles. The summed E-state index contributed by atoms with van der Waals surface area (Å²) in [6, 6.07) is 21.7. The van der Waals surface area contributed by atoms with E-state index in [4.69, 9.17) is 0 Å². The largest absolute Gasteiger partial charge is 0.352 e. The molecule has 0 aliphatic carbocycles. The molecule has 0 unspecified atom stereocenters. The van der Waals surface area contributed by atoms with Crippen LogP contribution in [0.3, 0.4) is 0 Å². The summed E-state index contributed by atoms with van der Waals surface area (Å²) in [5.41, 5.74) is 3.05. The molecule has 0 saturated carbocycles. The van der Waals surface area contributed by atoms with Gasteiger partial charge in [0.25, 0.3) is 0 Å². The van der Waals surface area contributed by atoms with Gasteiger partial charge in [-0.2, -0.15) is 0 Å². The van der Waals surface area contributed by atoms with Crippen LogP contribution in [-0.4, -0.2) is 50.0 Å². The standard InChI is InChI=1S/C32H40FN3O4S/c1-5-25(3)34-32(38)30(22-26-12-7-6-8-13-26)35(23-27-16-18-28(33)19-17-27)31(37)15-10-20-36(41(4,39)40)29-14-9-11-24(2)21-29/h6-9,11-14,16-19,21,25,30H,5,10,15,20,22-23H2,1-4H3,(H,34,38)/t25-,30+/m0/s1. The van der Waals surface area contributed by atoms with Gasteiger partial charge in [0.1, 0.15) is 11.9 Å². The summed E-state index contributed by atoms with van der Waals surface area (Å²) in [7, 11) is -3.58. The van der Waals surface area contributed by atoms with E-state index in [9.17, 15) is 22.4 Å². The number of nitrogens with one attached hydrogen (secondary N) is 1. The number of aryl methyl sites for hydroxylation is 1. The first-order valence-electron chi connectivity index (χ1n) is 13.9. The molecule has 1 N–H and O–H groups in total. The lowest BCUT2D eigenvalue weighted by Crippen LogP contribution is -2.52. The molecular weight excluding hydrogens is 541 g/mol. The van der Waals surface area contributed by atoms with E-state index in [-0.39, 0.29) is 49.6 Å². The SMILES string of the molecule is CC[C@H](C)NC(=O)[C@@H](Cc1ccccc1)N(Cc1ccc(F)cc1)C(=O)CCCN(c1cccc(C)c1)S(C)(=O)=O. The van der Waals surface area contributed by atoms with Gasteiger partial charge in [-0.25, -0.2) is 12.8 Å². The summed E-state index contributed by atoms with van der Waals surface area (Å²) in [5, 5.41) is 3.02. The first kappa shape index (κ1) is 31.8. The van der Waals surface area contributed by atoms with Crippen LogP contribution in [0, 0.1) is 12.7 Å². The summed E-state index contributed by atoms with van der Waals surface area (Å²) in [5.74, 6) is -0.942. The Morgan fingerprint density at radius 1 is 0.951 bits per heavy atom. The molecule has 3 aromatic carbocycles. The Morgan fingerprint density at radius 3 is 2.24 bits per heavy atom. The number of carbonyl (C=O) groups is 2. The highest BCUT2D eigenvalue weighted by molar-refractivity contribution is 7.92. The average molecular weight is 582 g/mol. The Kier molecular flexibility index (Phi) is 11.5. The maximum absolute atomic E-state index is 13.8. The smallest absolute Gasteiger partial charge is 0.243 e. The Balaban J connectivity index is 1.89. The van der Waals surface area contributed by atoms with Crippen molar-refractivity contribution in [2.75, 3.05) is 17.1 Å². The number of nitrogens with zero attached hydrogens (tertiary/aromatic N) is 2. The molecule has 41 heavy (non-hydrogen) atoms. The maximum Gasteiger partial charge on any atom is 0.243 e. The molecule has 0 heterocycles. The van der Waals surface area contributed by atoms with E-state index < -0.39 is 16.1 Å². The summed E-state index contributed by atoms with van der Waals surface area (Å²) in [4.78, 5) is 29.0. The maximum atomic E-state index is 13.8. The van der Waals surface area contributed by atoms with Crippen LogP contribution >= 0.6 is 0 Å². The van der Waals surface area contributed by atoms with Crippen molar-refractivity contribution in [3.05, 3.63) is 101 Å². The summed E-state index contributed by atoms with van der Waals surface area (Å²) < 4.78 is 40.1. The van der Waals surface area contributed by atoms with Crippen molar-refractivity contribution in [2.24, 2.45) is 0 Å². The third kappa shape index (κ3) is 9.70. The summed E-state index contributed by atoms with van der Waals surface area (Å²) in [6.07, 6.45) is 2.46. The molecule has 9 heteroatoms. The van der Waals surface area contributed by atoms with Crippen LogP contribution in [0.15, 0.2) is 78.9 Å². The third-order valence-corrected chi connectivity index (χ3v) is 8.17. The second kappa shape index (κ2) is 14.8. The van der Waals surface area contributed by atoms with E-state index in [1.54, 1.807) is 30.3 Å². The van der Waals surface area contributed by atoms with Crippen LogP contribution in [0.4, 0.5) is 10.1 Å². The van der Waals surface area contributed by atoms with Crippen molar-refractivity contribution in [1.82, 2.24) is 10.2 Å². The van der Waals surface area contributed by atoms with Crippen LogP contribution in [0.25, 0.3) is 0 Å². The van der Waals surface area contributed by atoms with E-state index in [1.165, 1.54) is 21.3 Å². The molecule has 3 aromatic rings. The van der Waals surface area contributed by atoms with Crippen LogP contribution in [-0.2, 0) is 32.6 Å². The highest BCUT2D eigenvalue weighted by atomic mass is 32.2. The van der Waals surface area contributed by atoms with Crippen LogP contribution in [0.1, 0.15) is 49.8 Å². The molecule has 7 nitrogen and oxygen atoms in total. The number of amides is 2. The zero-order chi connectivity index (χ0) is 30.0. The lowest BCUT2D eigenvalue weighted by molar-refractivity contribution is -0.141. The summed E-state index contributed by atoms with van der Waals surface area (Å²) >= 11 is 0. The number of anilines is 1. The fourth-order valence-corrected chi connectivity index (χ4v) is 5.53. The number of halogens is 1. The summed E-state index contributed by atoms with van der Waals surface area (Å²) in [6.45, 7) is 5.99. The highest BCUT2D eigenvalue weighted by Crippen LogP contribution is 2.21. The number of hydrogen-bond acceptors (Lipinski definition) is 4. The van der Waals surface area contributed by atoms with Gasteiger partial charge >= 0.3 is 0 Å². The molecule has 220 valence electrons. The van der Waals surface area contributed by atoms with Gasteiger partial charge in [0.05, 0.1) is 11.9 Å². The topological polar surface area (TPSA) is 86.8 Å². The molecule has 0 fully saturated rings. The minimum absolute atomic E-state index is 0.0287. The number of hydrogen-bond donors (Lipinski definition) is 1. The molecule has 2 atom stereocenters. The van der Waals surface area contributed by atoms with E-state index in [0.29, 0.717) is 17.7 Å². The van der Waals surface area contributed by atoms with E-state index in [0.717, 1.165) is 23.8 Å². The van der Waals surface area contributed by atoms with Crippen molar-refractivity contribution in [1.29, 1.82) is 0 Å². The minimum Gasteiger partial charge on any atom is -0.352 e. The zero-order valence-electron chi connectivity index (χ0n) is 24.2. The van der Waals surface area contributed by atoms with Gasteiger partial charge in [0.15, 0.2) is 0 Å². The highest BCUT2D eigenvalue weighted by Gasteiger charge is 2.31. The first-order valence-corrected chi connectivity index (χ1v) is 15.7. The van der Waals surface area contributed by atoms with Gasteiger partial charge in [0, 0.05) is 32.0 Å². The molecular formula is C32H40FN3O4S. The fourth-order valence-electron chi connectivity index (χ4n) is 4.57. The van der Waals surface area contributed by atoms with Crippen molar-refractivity contribution < 1.29 is 22.4 Å². The lowest BCUT2D eigenvalue weighted by Gasteiger charge is -2.32. The fraction of sp³-hybridized carbons (Fsp3) is 0.375. The number of carbonyl (C=O) groups excluding carboxylic acids is 2.